The van der Waals surface area contributed by atoms with Crippen molar-refractivity contribution in [1.29, 1.82) is 0 Å². The van der Waals surface area contributed by atoms with E-state index < -0.39 is 42.0 Å². The van der Waals surface area contributed by atoms with E-state index in [4.69, 9.17) is 0 Å². The zero-order valence-electron chi connectivity index (χ0n) is 16.6. The number of carbonyl (C=O) groups is 1. The highest BCUT2D eigenvalue weighted by molar-refractivity contribution is 5.87. The van der Waals surface area contributed by atoms with E-state index in [9.17, 15) is 25.2 Å². The van der Waals surface area contributed by atoms with Crippen LogP contribution in [0.2, 0.25) is 0 Å². The summed E-state index contributed by atoms with van der Waals surface area (Å²) in [5.41, 5.74) is 0. The molecule has 0 aliphatic heterocycles. The van der Waals surface area contributed by atoms with Crippen molar-refractivity contribution in [3.63, 3.8) is 0 Å². The van der Waals surface area contributed by atoms with Gasteiger partial charge in [0, 0.05) is 5.92 Å². The molecule has 0 N–H and O–H groups in total. The number of ketones is 1. The largest absolute Gasteiger partial charge is 0.852 e. The normalized spacial score (nSPS) is 40.1. The molecule has 4 atom stereocenters. The van der Waals surface area contributed by atoms with Crippen LogP contribution in [0, 0.1) is 23.7 Å². The van der Waals surface area contributed by atoms with E-state index in [-0.39, 0.29) is 11.8 Å². The number of hydrogen-bond acceptors (Lipinski definition) is 5. The molecule has 0 radical (unpaired) electrons. The zero-order chi connectivity index (χ0) is 19.6. The van der Waals surface area contributed by atoms with Gasteiger partial charge in [-0.1, -0.05) is 92.1 Å². The van der Waals surface area contributed by atoms with E-state index in [2.05, 4.69) is 27.7 Å². The summed E-state index contributed by atoms with van der Waals surface area (Å²) in [7, 11) is 0. The van der Waals surface area contributed by atoms with Crippen LogP contribution >= 0.6 is 0 Å². The minimum Gasteiger partial charge on any atom is -0.852 e. The van der Waals surface area contributed by atoms with E-state index >= 15 is 0 Å². The van der Waals surface area contributed by atoms with Gasteiger partial charge in [-0.3, -0.25) is 0 Å². The maximum Gasteiger partial charge on any atom is 0.121 e. The number of carbonyl (C=O) groups excluding carboxylic acids is 1. The van der Waals surface area contributed by atoms with Crippen molar-refractivity contribution in [3.05, 3.63) is 0 Å². The fraction of sp³-hybridized carbons (Fsp3) is 0.947. The quantitative estimate of drug-likeness (QED) is 0.607. The van der Waals surface area contributed by atoms with Crippen LogP contribution in [0.3, 0.4) is 0 Å². The van der Waals surface area contributed by atoms with Gasteiger partial charge in [-0.25, -0.2) is 0 Å². The Morgan fingerprint density at radius 2 is 0.958 bits per heavy atom. The SMILES string of the molecule is CC1C(=O)C([O-])C(C)C1[O-].CC1C([O-])C(C)C1[O-].CCC.CCC. The molecule has 5 nitrogen and oxygen atoms in total. The Morgan fingerprint density at radius 1 is 0.667 bits per heavy atom. The average Bonchev–Trinajstić information content (AvgIpc) is 2.73. The Kier molecular flexibility index (Phi) is 13.7. The highest BCUT2D eigenvalue weighted by Gasteiger charge is 2.32. The minimum atomic E-state index is -1.27. The molecular weight excluding hydrogens is 308 g/mol. The lowest BCUT2D eigenvalue weighted by molar-refractivity contribution is -0.558. The Hall–Kier alpha value is -0.490. The molecule has 146 valence electrons. The Morgan fingerprint density at radius 3 is 1.04 bits per heavy atom. The highest BCUT2D eigenvalue weighted by atomic mass is 16.3. The van der Waals surface area contributed by atoms with E-state index in [1.165, 1.54) is 19.8 Å². The number of Topliss-reactive ketones (excluding diaryl/α,β-unsaturated/α-hetero) is 1. The summed E-state index contributed by atoms with van der Waals surface area (Å²) >= 11 is 0. The fourth-order valence-electron chi connectivity index (χ4n) is 2.49. The van der Waals surface area contributed by atoms with Crippen LogP contribution in [0.25, 0.3) is 0 Å². The molecule has 0 bridgehead atoms. The molecule has 0 aromatic carbocycles. The molecule has 2 aliphatic carbocycles. The monoisotopic (exact) mass is 344 g/mol. The lowest BCUT2D eigenvalue weighted by Gasteiger charge is -2.58. The van der Waals surface area contributed by atoms with Crippen LogP contribution in [-0.4, -0.2) is 30.2 Å². The predicted molar refractivity (Wildman–Crippen MR) is 88.7 cm³/mol. The van der Waals surface area contributed by atoms with Gasteiger partial charge in [-0.15, -0.1) is 18.3 Å². The maximum atomic E-state index is 11.0. The molecule has 2 rings (SSSR count). The lowest BCUT2D eigenvalue weighted by Crippen LogP contribution is -2.64. The Labute approximate surface area is 148 Å². The molecule has 0 spiro atoms. The smallest absolute Gasteiger partial charge is 0.121 e. The van der Waals surface area contributed by atoms with E-state index in [1.54, 1.807) is 20.8 Å². The Balaban J connectivity index is 0. The van der Waals surface area contributed by atoms with Crippen molar-refractivity contribution in [2.75, 3.05) is 0 Å². The summed E-state index contributed by atoms with van der Waals surface area (Å²) in [6, 6.07) is 0. The summed E-state index contributed by atoms with van der Waals surface area (Å²) in [5, 5.41) is 43.2. The van der Waals surface area contributed by atoms with E-state index in [0.717, 1.165) is 0 Å². The molecule has 0 saturated heterocycles. The molecule has 5 heteroatoms. The summed E-state index contributed by atoms with van der Waals surface area (Å²) < 4.78 is 0. The standard InChI is InChI=1S/C7H10O3.C6H10O2.2C3H8/c1-3-5(8)4(2)7(10)6(3)9;1-3-5(7)4(2)6(3)8;2*1-3-2/h3-6H,1-2H3;3-6H,1-2H3;2*3H2,1-2H3/q2*-2;;. The third-order valence-corrected chi connectivity index (χ3v) is 4.29. The third-order valence-electron chi connectivity index (χ3n) is 4.29. The van der Waals surface area contributed by atoms with Crippen LogP contribution in [-0.2, 0) is 4.79 Å². The molecule has 0 aromatic heterocycles. The topological polar surface area (TPSA) is 109 Å². The molecular formula is C19H36O5-4. The Bertz CT molecular complexity index is 284. The first-order chi connectivity index (χ1) is 11.0. The van der Waals surface area contributed by atoms with Gasteiger partial charge in [0.15, 0.2) is 0 Å². The number of hydrogen-bond donors (Lipinski definition) is 0. The minimum absolute atomic E-state index is 0.134. The highest BCUT2D eigenvalue weighted by Crippen LogP contribution is 2.29. The summed E-state index contributed by atoms with van der Waals surface area (Å²) in [6.07, 6.45) is -0.914. The molecule has 4 unspecified atom stereocenters. The van der Waals surface area contributed by atoms with Crippen LogP contribution in [0.15, 0.2) is 0 Å². The summed E-state index contributed by atoms with van der Waals surface area (Å²) in [4.78, 5) is 10.8. The van der Waals surface area contributed by atoms with Gasteiger partial charge in [0.05, 0.1) is 0 Å². The van der Waals surface area contributed by atoms with Crippen molar-refractivity contribution in [2.45, 2.75) is 92.6 Å². The second-order valence-electron chi connectivity index (χ2n) is 7.00. The number of rotatable bonds is 0. The molecule has 2 saturated carbocycles. The van der Waals surface area contributed by atoms with Crippen molar-refractivity contribution < 1.29 is 25.2 Å². The van der Waals surface area contributed by atoms with Crippen molar-refractivity contribution in [2.24, 2.45) is 23.7 Å². The molecule has 0 amide bonds. The van der Waals surface area contributed by atoms with Gasteiger partial charge < -0.3 is 25.2 Å². The van der Waals surface area contributed by atoms with Crippen LogP contribution in [0.4, 0.5) is 0 Å². The van der Waals surface area contributed by atoms with Crippen LogP contribution < -0.4 is 20.4 Å². The molecule has 0 aromatic rings. The van der Waals surface area contributed by atoms with Gasteiger partial charge in [0.1, 0.15) is 5.78 Å². The lowest BCUT2D eigenvalue weighted by atomic mass is 9.71. The molecule has 2 fully saturated rings. The van der Waals surface area contributed by atoms with Crippen LogP contribution in [0.5, 0.6) is 0 Å². The predicted octanol–water partition coefficient (Wildman–Crippen LogP) is -0.138. The van der Waals surface area contributed by atoms with Crippen molar-refractivity contribution in [3.8, 4) is 0 Å². The van der Waals surface area contributed by atoms with Crippen molar-refractivity contribution >= 4 is 5.78 Å². The fourth-order valence-corrected chi connectivity index (χ4v) is 2.49. The average molecular weight is 344 g/mol. The molecule has 0 heterocycles. The van der Waals surface area contributed by atoms with Gasteiger partial charge in [0.25, 0.3) is 0 Å². The molecule has 24 heavy (non-hydrogen) atoms. The first kappa shape index (κ1) is 25.7. The summed E-state index contributed by atoms with van der Waals surface area (Å²) in [6.45, 7) is 15.1. The first-order valence-electron chi connectivity index (χ1n) is 9.20. The maximum absolute atomic E-state index is 11.0. The van der Waals surface area contributed by atoms with Gasteiger partial charge in [-0.2, -0.15) is 0 Å². The van der Waals surface area contributed by atoms with Crippen LogP contribution in [0.1, 0.15) is 68.2 Å². The van der Waals surface area contributed by atoms with Crippen molar-refractivity contribution in [1.82, 2.24) is 0 Å². The first-order valence-corrected chi connectivity index (χ1v) is 9.20. The molecule has 2 aliphatic rings. The van der Waals surface area contributed by atoms with Gasteiger partial charge >= 0.3 is 0 Å². The zero-order valence-corrected chi connectivity index (χ0v) is 16.6. The van der Waals surface area contributed by atoms with E-state index in [1.807, 2.05) is 0 Å². The second kappa shape index (κ2) is 12.8. The van der Waals surface area contributed by atoms with Gasteiger partial charge in [-0.05, 0) is 0 Å². The summed E-state index contributed by atoms with van der Waals surface area (Å²) in [5.74, 6) is -1.78. The van der Waals surface area contributed by atoms with Gasteiger partial charge in [0.2, 0.25) is 0 Å². The third kappa shape index (κ3) is 7.18. The van der Waals surface area contributed by atoms with E-state index in [0.29, 0.717) is 0 Å². The second-order valence-corrected chi connectivity index (χ2v) is 7.00.